The van der Waals surface area contributed by atoms with Gasteiger partial charge in [0.25, 0.3) is 0 Å². The molecule has 18 aromatic rings. The minimum atomic E-state index is 0.495. The summed E-state index contributed by atoms with van der Waals surface area (Å²) in [5.74, 6) is 1.12. The van der Waals surface area contributed by atoms with Gasteiger partial charge in [0.15, 0.2) is 0 Å². The summed E-state index contributed by atoms with van der Waals surface area (Å²) in [5, 5.41) is 15.9. The van der Waals surface area contributed by atoms with Crippen LogP contribution in [-0.4, -0.2) is 39.0 Å². The predicted molar refractivity (Wildman–Crippen MR) is 379 cm³/mol. The standard InChI is InChI=1S/C41H26N4OS.C35H20N4S.C2H6/c1-5-23-30(7-3)43-41(44-37(23)28-18-13-21-32-34(28)27-17-11-12-20-31(27)46-32)45-38-35(29-19-14-22-42-40(29)45)25-15-9-10-16-26(25)36-24(6-2)33(8-4)47-39(36)38;1-2-11-21(12-3-1)31-24-15-6-8-18-27(24)37-35(38-31)39-32-29(26-17-10-20-36-34(26)39)22-13-4-5-14-23(22)30-25-16-7-9-19-28(25)40-33(30)32;1-2/h5-22H,1-4H2;1-20H;1-2H3. The second-order valence-electron chi connectivity index (χ2n) is 21.4. The first-order valence-corrected chi connectivity index (χ1v) is 31.2. The van der Waals surface area contributed by atoms with Gasteiger partial charge in [0.1, 0.15) is 22.5 Å². The molecule has 0 aliphatic carbocycles. The molecule has 11 heteroatoms. The fourth-order valence-electron chi connectivity index (χ4n) is 13.3. The van der Waals surface area contributed by atoms with Crippen molar-refractivity contribution in [3.05, 3.63) is 255 Å². The number of fused-ring (bicyclic) bond motifs is 22. The smallest absolute Gasteiger partial charge is 0.237 e. The Balaban J connectivity index is 0.000000141. The molecule has 9 aromatic carbocycles. The number of para-hydroxylation sites is 2. The van der Waals surface area contributed by atoms with Gasteiger partial charge in [-0.25, -0.2) is 29.9 Å². The van der Waals surface area contributed by atoms with Gasteiger partial charge in [-0.15, -0.1) is 22.7 Å². The average Bonchev–Trinajstić information content (AvgIpc) is 1.57. The van der Waals surface area contributed by atoms with Crippen LogP contribution in [0.15, 0.2) is 237 Å². The third kappa shape index (κ3) is 7.99. The molecule has 0 saturated heterocycles. The number of pyridine rings is 2. The second-order valence-corrected chi connectivity index (χ2v) is 23.5. The largest absolute Gasteiger partial charge is 0.456 e. The number of benzene rings is 9. The Kier molecular flexibility index (Phi) is 12.8. The van der Waals surface area contributed by atoms with Crippen LogP contribution in [0.4, 0.5) is 0 Å². The number of hydrogen-bond donors (Lipinski definition) is 0. The van der Waals surface area contributed by atoms with Crippen molar-refractivity contribution in [1.29, 1.82) is 0 Å². The summed E-state index contributed by atoms with van der Waals surface area (Å²) in [6, 6.07) is 67.1. The van der Waals surface area contributed by atoms with Gasteiger partial charge in [0, 0.05) is 98.1 Å². The molecule has 89 heavy (non-hydrogen) atoms. The molecule has 9 heterocycles. The number of nitrogens with zero attached hydrogens (tertiary/aromatic N) is 8. The number of thiophene rings is 2. The molecule has 0 radical (unpaired) electrons. The van der Waals surface area contributed by atoms with E-state index in [2.05, 4.69) is 169 Å². The zero-order valence-electron chi connectivity index (χ0n) is 48.6. The van der Waals surface area contributed by atoms with Crippen LogP contribution in [0.5, 0.6) is 0 Å². The number of furan rings is 1. The minimum Gasteiger partial charge on any atom is -0.456 e. The maximum atomic E-state index is 6.27. The molecule has 0 fully saturated rings. The van der Waals surface area contributed by atoms with Gasteiger partial charge in [-0.1, -0.05) is 204 Å². The molecule has 0 aliphatic rings. The Hall–Kier alpha value is -11.2. The molecule has 422 valence electrons. The van der Waals surface area contributed by atoms with Crippen molar-refractivity contribution in [3.63, 3.8) is 0 Å². The first-order valence-electron chi connectivity index (χ1n) is 29.6. The van der Waals surface area contributed by atoms with E-state index in [-0.39, 0.29) is 0 Å². The summed E-state index contributed by atoms with van der Waals surface area (Å²) < 4.78 is 14.2. The first kappa shape index (κ1) is 53.2. The summed E-state index contributed by atoms with van der Waals surface area (Å²) in [5.41, 5.74) is 12.4. The summed E-state index contributed by atoms with van der Waals surface area (Å²) in [4.78, 5) is 31.9. The van der Waals surface area contributed by atoms with Crippen molar-refractivity contribution < 1.29 is 4.42 Å². The average molecular weight is 1180 g/mol. The Morgan fingerprint density at radius 1 is 0.393 bits per heavy atom. The number of hydrogen-bond acceptors (Lipinski definition) is 9. The molecule has 0 amide bonds. The van der Waals surface area contributed by atoms with Crippen LogP contribution in [0.25, 0.3) is 187 Å². The maximum Gasteiger partial charge on any atom is 0.237 e. The first-order chi connectivity index (χ1) is 44.0. The molecule has 0 spiro atoms. The van der Waals surface area contributed by atoms with Gasteiger partial charge in [-0.3, -0.25) is 9.13 Å². The molecular weight excluding hydrogens is 1130 g/mol. The van der Waals surface area contributed by atoms with Crippen molar-refractivity contribution in [1.82, 2.24) is 39.0 Å². The fraction of sp³-hybridized carbons (Fsp3) is 0.0256. The third-order valence-electron chi connectivity index (χ3n) is 16.8. The molecule has 9 aromatic heterocycles. The highest BCUT2D eigenvalue weighted by atomic mass is 32.1. The van der Waals surface area contributed by atoms with Crippen molar-refractivity contribution in [2.45, 2.75) is 13.8 Å². The van der Waals surface area contributed by atoms with Gasteiger partial charge in [0.05, 0.1) is 43.0 Å². The van der Waals surface area contributed by atoms with E-state index in [9.17, 15) is 0 Å². The molecule has 9 nitrogen and oxygen atoms in total. The lowest BCUT2D eigenvalue weighted by Crippen LogP contribution is -2.07. The van der Waals surface area contributed by atoms with E-state index in [1.807, 2.05) is 110 Å². The SMILES string of the molecule is C=Cc1nc(-n2c3ncccc3c3c4ccccc4c4c(C=C)c(C=C)sc4c32)nc(-c2cccc3oc4ccccc4c23)c1C=C.CC.c1ccc(-c2nc(-n3c4ncccc4c4c5ccccc5c5c6ccccc6sc5c43)nc3ccccc23)cc1. The van der Waals surface area contributed by atoms with Gasteiger partial charge >= 0.3 is 0 Å². The normalized spacial score (nSPS) is 11.7. The number of aromatic nitrogens is 8. The van der Waals surface area contributed by atoms with E-state index in [1.54, 1.807) is 23.5 Å². The van der Waals surface area contributed by atoms with Gasteiger partial charge < -0.3 is 4.42 Å². The zero-order chi connectivity index (χ0) is 60.0. The molecule has 0 bridgehead atoms. The Morgan fingerprint density at radius 2 is 0.921 bits per heavy atom. The van der Waals surface area contributed by atoms with Gasteiger partial charge in [-0.05, 0) is 76.2 Å². The van der Waals surface area contributed by atoms with Crippen LogP contribution in [0, 0.1) is 0 Å². The van der Waals surface area contributed by atoms with Crippen LogP contribution in [0.2, 0.25) is 0 Å². The van der Waals surface area contributed by atoms with Gasteiger partial charge in [-0.2, -0.15) is 0 Å². The van der Waals surface area contributed by atoms with Gasteiger partial charge in [0.2, 0.25) is 11.9 Å². The molecule has 18 rings (SSSR count). The van der Waals surface area contributed by atoms with E-state index in [0.717, 1.165) is 131 Å². The van der Waals surface area contributed by atoms with E-state index in [0.29, 0.717) is 17.6 Å². The molecule has 0 N–H and O–H groups in total. The molecular formula is C78H52N8OS2. The lowest BCUT2D eigenvalue weighted by Gasteiger charge is -2.14. The Morgan fingerprint density at radius 3 is 1.57 bits per heavy atom. The van der Waals surface area contributed by atoms with Crippen molar-refractivity contribution >= 4 is 175 Å². The highest BCUT2D eigenvalue weighted by molar-refractivity contribution is 7.27. The lowest BCUT2D eigenvalue weighted by molar-refractivity contribution is 0.669. The van der Waals surface area contributed by atoms with Crippen LogP contribution in [-0.2, 0) is 0 Å². The quantitative estimate of drug-likeness (QED) is 0.149. The minimum absolute atomic E-state index is 0.495. The van der Waals surface area contributed by atoms with E-state index in [1.165, 1.54) is 36.3 Å². The Bertz CT molecular complexity index is 6000. The highest BCUT2D eigenvalue weighted by Crippen LogP contribution is 2.50. The van der Waals surface area contributed by atoms with E-state index < -0.39 is 0 Å². The maximum absolute atomic E-state index is 6.27. The van der Waals surface area contributed by atoms with Crippen molar-refractivity contribution in [2.24, 2.45) is 0 Å². The predicted octanol–water partition coefficient (Wildman–Crippen LogP) is 21.8. The summed E-state index contributed by atoms with van der Waals surface area (Å²) in [6.45, 7) is 20.6. The van der Waals surface area contributed by atoms with Crippen LogP contribution < -0.4 is 0 Å². The lowest BCUT2D eigenvalue weighted by atomic mass is 9.98. The molecule has 0 aliphatic heterocycles. The monoisotopic (exact) mass is 1180 g/mol. The van der Waals surface area contributed by atoms with Crippen LogP contribution in [0.1, 0.15) is 35.5 Å². The third-order valence-corrected chi connectivity index (χ3v) is 19.2. The van der Waals surface area contributed by atoms with Crippen molar-refractivity contribution in [2.75, 3.05) is 0 Å². The van der Waals surface area contributed by atoms with E-state index in [4.69, 9.17) is 34.3 Å². The second kappa shape index (κ2) is 21.3. The molecule has 0 atom stereocenters. The Labute approximate surface area is 518 Å². The van der Waals surface area contributed by atoms with E-state index >= 15 is 0 Å². The topological polar surface area (TPSA) is 100 Å². The molecule has 0 unspecified atom stereocenters. The summed E-state index contributed by atoms with van der Waals surface area (Å²) in [6.07, 6.45) is 11.1. The number of rotatable bonds is 8. The van der Waals surface area contributed by atoms with Crippen LogP contribution >= 0.6 is 22.7 Å². The van der Waals surface area contributed by atoms with Crippen LogP contribution in [0.3, 0.4) is 0 Å². The summed E-state index contributed by atoms with van der Waals surface area (Å²) >= 11 is 3.53. The summed E-state index contributed by atoms with van der Waals surface area (Å²) in [7, 11) is 0. The fourth-order valence-corrected chi connectivity index (χ4v) is 15.7. The highest BCUT2D eigenvalue weighted by Gasteiger charge is 2.28. The zero-order valence-corrected chi connectivity index (χ0v) is 50.2. The van der Waals surface area contributed by atoms with Crippen molar-refractivity contribution in [3.8, 4) is 34.4 Å². The molecule has 0 saturated carbocycles.